The Morgan fingerprint density at radius 3 is 2.76 bits per heavy atom. The van der Waals surface area contributed by atoms with Crippen molar-refractivity contribution in [1.29, 1.82) is 0 Å². The molecule has 2 N–H and O–H groups in total. The zero-order chi connectivity index (χ0) is 16.9. The number of thiophene rings is 1. The minimum Gasteiger partial charge on any atom is -0.504 e. The zero-order valence-electron chi connectivity index (χ0n) is 14.2. The molecule has 25 heavy (non-hydrogen) atoms. The Bertz CT molecular complexity index is 714. The van der Waals surface area contributed by atoms with E-state index in [1.54, 1.807) is 12.1 Å². The number of rotatable bonds is 6. The monoisotopic (exact) mass is 382 g/mol. The van der Waals surface area contributed by atoms with E-state index in [4.69, 9.17) is 4.74 Å². The fraction of sp³-hybridized carbons (Fsp3) is 0.389. The van der Waals surface area contributed by atoms with E-state index in [1.807, 2.05) is 18.2 Å². The molecule has 0 spiro atoms. The Hall–Kier alpha value is -1.76. The SMILES string of the molecule is COc1cc(-c2ccc(C(=O)NCCN3CCCC3)s2)ccc1O.Cl. The van der Waals surface area contributed by atoms with Crippen molar-refractivity contribution in [3.8, 4) is 21.9 Å². The summed E-state index contributed by atoms with van der Waals surface area (Å²) in [7, 11) is 1.52. The van der Waals surface area contributed by atoms with Gasteiger partial charge in [0.15, 0.2) is 11.5 Å². The van der Waals surface area contributed by atoms with Crippen LogP contribution >= 0.6 is 23.7 Å². The summed E-state index contributed by atoms with van der Waals surface area (Å²) in [4.78, 5) is 16.3. The zero-order valence-corrected chi connectivity index (χ0v) is 15.8. The van der Waals surface area contributed by atoms with E-state index in [0.29, 0.717) is 17.2 Å². The van der Waals surface area contributed by atoms with E-state index in [2.05, 4.69) is 10.2 Å². The molecule has 7 heteroatoms. The summed E-state index contributed by atoms with van der Waals surface area (Å²) >= 11 is 1.44. The average molecular weight is 383 g/mol. The standard InChI is InChI=1S/C18H22N2O3S.ClH/c1-23-15-12-13(4-5-14(15)21)16-6-7-17(24-16)18(22)19-8-11-20-9-2-3-10-20;/h4-7,12,21H,2-3,8-11H2,1H3,(H,19,22);1H. The van der Waals surface area contributed by atoms with Crippen LogP contribution in [-0.2, 0) is 0 Å². The summed E-state index contributed by atoms with van der Waals surface area (Å²) < 4.78 is 5.13. The third-order valence-electron chi connectivity index (χ3n) is 4.21. The number of hydrogen-bond acceptors (Lipinski definition) is 5. The number of methoxy groups -OCH3 is 1. The molecule has 1 saturated heterocycles. The molecule has 0 bridgehead atoms. The highest BCUT2D eigenvalue weighted by Crippen LogP contribution is 2.34. The molecule has 1 aromatic heterocycles. The summed E-state index contributed by atoms with van der Waals surface area (Å²) in [5, 5.41) is 12.7. The first-order valence-corrected chi connectivity index (χ1v) is 8.97. The number of carbonyl (C=O) groups excluding carboxylic acids is 1. The van der Waals surface area contributed by atoms with Crippen molar-refractivity contribution in [2.75, 3.05) is 33.3 Å². The third-order valence-corrected chi connectivity index (χ3v) is 5.34. The van der Waals surface area contributed by atoms with E-state index in [9.17, 15) is 9.90 Å². The summed E-state index contributed by atoms with van der Waals surface area (Å²) in [6.45, 7) is 3.88. The number of halogens is 1. The van der Waals surface area contributed by atoms with Crippen LogP contribution in [0.15, 0.2) is 30.3 Å². The first kappa shape index (κ1) is 19.6. The lowest BCUT2D eigenvalue weighted by molar-refractivity contribution is 0.0954. The molecule has 1 aromatic carbocycles. The molecule has 136 valence electrons. The highest BCUT2D eigenvalue weighted by atomic mass is 35.5. The van der Waals surface area contributed by atoms with Gasteiger partial charge in [0.2, 0.25) is 0 Å². The van der Waals surface area contributed by atoms with Crippen molar-refractivity contribution in [3.63, 3.8) is 0 Å². The number of carbonyl (C=O) groups is 1. The highest BCUT2D eigenvalue weighted by molar-refractivity contribution is 7.17. The number of benzene rings is 1. The number of nitrogens with zero attached hydrogens (tertiary/aromatic N) is 1. The van der Waals surface area contributed by atoms with Crippen molar-refractivity contribution < 1.29 is 14.6 Å². The predicted octanol–water partition coefficient (Wildman–Crippen LogP) is 3.38. The molecule has 2 aromatic rings. The Morgan fingerprint density at radius 1 is 1.28 bits per heavy atom. The maximum Gasteiger partial charge on any atom is 0.261 e. The maximum atomic E-state index is 12.3. The third kappa shape index (κ3) is 4.87. The number of hydrogen-bond donors (Lipinski definition) is 2. The van der Waals surface area contributed by atoms with Crippen LogP contribution in [0.2, 0.25) is 0 Å². The number of amides is 1. The van der Waals surface area contributed by atoms with Gasteiger partial charge in [-0.1, -0.05) is 0 Å². The highest BCUT2D eigenvalue weighted by Gasteiger charge is 2.14. The van der Waals surface area contributed by atoms with Gasteiger partial charge in [0.05, 0.1) is 12.0 Å². The van der Waals surface area contributed by atoms with Crippen molar-refractivity contribution in [2.45, 2.75) is 12.8 Å². The Labute approximate surface area is 158 Å². The number of ether oxygens (including phenoxy) is 1. The molecule has 0 atom stereocenters. The summed E-state index contributed by atoms with van der Waals surface area (Å²) in [6, 6.07) is 8.95. The van der Waals surface area contributed by atoms with Crippen LogP contribution in [0.1, 0.15) is 22.5 Å². The van der Waals surface area contributed by atoms with Gasteiger partial charge in [-0.3, -0.25) is 4.79 Å². The summed E-state index contributed by atoms with van der Waals surface area (Å²) in [5.74, 6) is 0.506. The topological polar surface area (TPSA) is 61.8 Å². The van der Waals surface area contributed by atoms with Gasteiger partial charge in [-0.05, 0) is 61.8 Å². The Kier molecular flexibility index (Phi) is 7.11. The Balaban J connectivity index is 0.00000225. The van der Waals surface area contributed by atoms with E-state index < -0.39 is 0 Å². The number of phenols is 1. The van der Waals surface area contributed by atoms with Gasteiger partial charge >= 0.3 is 0 Å². The number of phenolic OH excluding ortho intramolecular Hbond substituents is 1. The fourth-order valence-corrected chi connectivity index (χ4v) is 3.79. The second-order valence-electron chi connectivity index (χ2n) is 5.86. The Morgan fingerprint density at radius 2 is 2.04 bits per heavy atom. The first-order valence-electron chi connectivity index (χ1n) is 8.15. The van der Waals surface area contributed by atoms with Crippen LogP contribution in [0.25, 0.3) is 10.4 Å². The van der Waals surface area contributed by atoms with Crippen molar-refractivity contribution in [2.24, 2.45) is 0 Å². The van der Waals surface area contributed by atoms with Crippen LogP contribution in [0.4, 0.5) is 0 Å². The molecular weight excluding hydrogens is 360 g/mol. The van der Waals surface area contributed by atoms with Crippen LogP contribution in [0.3, 0.4) is 0 Å². The largest absolute Gasteiger partial charge is 0.504 e. The lowest BCUT2D eigenvalue weighted by atomic mass is 10.1. The quantitative estimate of drug-likeness (QED) is 0.804. The molecular formula is C18H23ClN2O3S. The van der Waals surface area contributed by atoms with Gasteiger partial charge in [-0.25, -0.2) is 0 Å². The number of likely N-dealkylation sites (tertiary alicyclic amines) is 1. The van der Waals surface area contributed by atoms with Crippen LogP contribution < -0.4 is 10.1 Å². The van der Waals surface area contributed by atoms with Gasteiger partial charge in [-0.15, -0.1) is 23.7 Å². The molecule has 3 rings (SSSR count). The molecule has 2 heterocycles. The molecule has 1 amide bonds. The fourth-order valence-electron chi connectivity index (χ4n) is 2.87. The van der Waals surface area contributed by atoms with E-state index in [1.165, 1.54) is 31.3 Å². The molecule has 1 fully saturated rings. The van der Waals surface area contributed by atoms with E-state index >= 15 is 0 Å². The van der Waals surface area contributed by atoms with Crippen LogP contribution in [0, 0.1) is 0 Å². The van der Waals surface area contributed by atoms with Gasteiger partial charge < -0.3 is 20.1 Å². The number of nitrogens with one attached hydrogen (secondary N) is 1. The predicted molar refractivity (Wildman–Crippen MR) is 103 cm³/mol. The van der Waals surface area contributed by atoms with Crippen LogP contribution in [0.5, 0.6) is 11.5 Å². The van der Waals surface area contributed by atoms with E-state index in [0.717, 1.165) is 30.1 Å². The van der Waals surface area contributed by atoms with Crippen molar-refractivity contribution >= 4 is 29.7 Å². The van der Waals surface area contributed by atoms with Gasteiger partial charge in [0, 0.05) is 18.0 Å². The minimum absolute atomic E-state index is 0. The summed E-state index contributed by atoms with van der Waals surface area (Å²) in [5.41, 5.74) is 0.922. The second kappa shape index (κ2) is 9.08. The van der Waals surface area contributed by atoms with E-state index in [-0.39, 0.29) is 24.1 Å². The smallest absolute Gasteiger partial charge is 0.261 e. The van der Waals surface area contributed by atoms with Gasteiger partial charge in [-0.2, -0.15) is 0 Å². The normalized spacial score (nSPS) is 14.1. The van der Waals surface area contributed by atoms with Gasteiger partial charge in [0.1, 0.15) is 0 Å². The minimum atomic E-state index is -0.0313. The summed E-state index contributed by atoms with van der Waals surface area (Å²) in [6.07, 6.45) is 2.52. The van der Waals surface area contributed by atoms with Crippen molar-refractivity contribution in [3.05, 3.63) is 35.2 Å². The number of aromatic hydroxyl groups is 1. The molecule has 0 saturated carbocycles. The first-order chi connectivity index (χ1) is 11.7. The van der Waals surface area contributed by atoms with Crippen molar-refractivity contribution in [1.82, 2.24) is 10.2 Å². The lowest BCUT2D eigenvalue weighted by Crippen LogP contribution is -2.33. The molecule has 0 aliphatic carbocycles. The lowest BCUT2D eigenvalue weighted by Gasteiger charge is -2.14. The van der Waals surface area contributed by atoms with Gasteiger partial charge in [0.25, 0.3) is 5.91 Å². The molecule has 0 radical (unpaired) electrons. The molecule has 1 aliphatic heterocycles. The molecule has 5 nitrogen and oxygen atoms in total. The molecule has 0 unspecified atom stereocenters. The van der Waals surface area contributed by atoms with Crippen LogP contribution in [-0.4, -0.2) is 49.2 Å². The molecule has 1 aliphatic rings. The average Bonchev–Trinajstić information content (AvgIpc) is 3.27. The maximum absolute atomic E-state index is 12.3. The second-order valence-corrected chi connectivity index (χ2v) is 6.94.